The van der Waals surface area contributed by atoms with E-state index in [-0.39, 0.29) is 5.84 Å². The van der Waals surface area contributed by atoms with E-state index in [1.54, 1.807) is 24.1 Å². The molecule has 1 aliphatic carbocycles. The molecule has 5 heteroatoms. The van der Waals surface area contributed by atoms with Crippen LogP contribution in [0.1, 0.15) is 31.2 Å². The molecular formula is C14H20FN3O. The maximum absolute atomic E-state index is 14.0. The summed E-state index contributed by atoms with van der Waals surface area (Å²) in [7, 11) is 1.77. The summed E-state index contributed by atoms with van der Waals surface area (Å²) in [6.45, 7) is 0.420. The van der Waals surface area contributed by atoms with Crippen molar-refractivity contribution in [2.75, 3.05) is 18.5 Å². The van der Waals surface area contributed by atoms with Gasteiger partial charge in [0.2, 0.25) is 0 Å². The summed E-state index contributed by atoms with van der Waals surface area (Å²) in [5, 5.41) is 17.6. The highest BCUT2D eigenvalue weighted by atomic mass is 19.1. The standard InChI is InChI=1S/C14H20FN3O/c1-18(9-14(19)6-2-3-7-14)12-5-4-10(13(16)17)8-11(12)15/h4-5,8,19H,2-3,6-7,9H2,1H3,(H3,16,17). The Kier molecular flexibility index (Phi) is 3.75. The number of benzene rings is 1. The first kappa shape index (κ1) is 13.8. The molecule has 0 atom stereocenters. The topological polar surface area (TPSA) is 73.3 Å². The van der Waals surface area contributed by atoms with Crippen LogP contribution < -0.4 is 10.6 Å². The zero-order valence-electron chi connectivity index (χ0n) is 11.1. The van der Waals surface area contributed by atoms with Gasteiger partial charge in [0.05, 0.1) is 11.3 Å². The molecule has 1 aromatic carbocycles. The third-order valence-corrected chi connectivity index (χ3v) is 3.74. The van der Waals surface area contributed by atoms with Crippen molar-refractivity contribution in [3.8, 4) is 0 Å². The first-order valence-corrected chi connectivity index (χ1v) is 6.49. The number of hydrogen-bond acceptors (Lipinski definition) is 3. The highest BCUT2D eigenvalue weighted by molar-refractivity contribution is 5.95. The van der Waals surface area contributed by atoms with E-state index in [9.17, 15) is 9.50 Å². The molecule has 104 valence electrons. The van der Waals surface area contributed by atoms with Crippen LogP contribution in [0.2, 0.25) is 0 Å². The summed E-state index contributed by atoms with van der Waals surface area (Å²) in [6, 6.07) is 4.48. The number of aliphatic hydroxyl groups is 1. The van der Waals surface area contributed by atoms with Crippen LogP contribution in [-0.4, -0.2) is 30.1 Å². The molecule has 0 heterocycles. The Bertz CT molecular complexity index is 484. The van der Waals surface area contributed by atoms with Crippen molar-refractivity contribution in [3.05, 3.63) is 29.6 Å². The average Bonchev–Trinajstić information content (AvgIpc) is 2.75. The minimum absolute atomic E-state index is 0.150. The van der Waals surface area contributed by atoms with Gasteiger partial charge in [-0.05, 0) is 31.0 Å². The first-order chi connectivity index (χ1) is 8.91. The van der Waals surface area contributed by atoms with Crippen LogP contribution in [0.5, 0.6) is 0 Å². The van der Waals surface area contributed by atoms with Gasteiger partial charge >= 0.3 is 0 Å². The number of hydrogen-bond donors (Lipinski definition) is 3. The summed E-state index contributed by atoms with van der Waals surface area (Å²) in [5.74, 6) is -0.570. The smallest absolute Gasteiger partial charge is 0.147 e. The van der Waals surface area contributed by atoms with Crippen LogP contribution in [0.3, 0.4) is 0 Å². The lowest BCUT2D eigenvalue weighted by molar-refractivity contribution is 0.0558. The second-order valence-corrected chi connectivity index (χ2v) is 5.37. The summed E-state index contributed by atoms with van der Waals surface area (Å²) >= 11 is 0. The van der Waals surface area contributed by atoms with Gasteiger partial charge in [0.1, 0.15) is 11.7 Å². The molecule has 19 heavy (non-hydrogen) atoms. The van der Waals surface area contributed by atoms with Crippen molar-refractivity contribution >= 4 is 11.5 Å². The second-order valence-electron chi connectivity index (χ2n) is 5.37. The quantitative estimate of drug-likeness (QED) is 0.574. The predicted octanol–water partition coefficient (Wildman–Crippen LogP) is 1.85. The molecule has 2 rings (SSSR count). The number of halogens is 1. The van der Waals surface area contributed by atoms with Crippen molar-refractivity contribution in [1.29, 1.82) is 5.41 Å². The summed E-state index contributed by atoms with van der Waals surface area (Å²) in [4.78, 5) is 1.73. The Morgan fingerprint density at radius 1 is 1.47 bits per heavy atom. The van der Waals surface area contributed by atoms with Crippen molar-refractivity contribution in [2.24, 2.45) is 5.73 Å². The number of nitrogens with one attached hydrogen (secondary N) is 1. The fraction of sp³-hybridized carbons (Fsp3) is 0.500. The van der Waals surface area contributed by atoms with E-state index in [1.807, 2.05) is 0 Å². The number of anilines is 1. The van der Waals surface area contributed by atoms with Gasteiger partial charge in [-0.25, -0.2) is 4.39 Å². The SMILES string of the molecule is CN(CC1(O)CCCC1)c1ccc(C(=N)N)cc1F. The molecule has 0 saturated heterocycles. The molecule has 0 radical (unpaired) electrons. The molecule has 0 aliphatic heterocycles. The van der Waals surface area contributed by atoms with Crippen molar-refractivity contribution in [3.63, 3.8) is 0 Å². The molecule has 0 aromatic heterocycles. The van der Waals surface area contributed by atoms with Gasteiger partial charge in [0.25, 0.3) is 0 Å². The monoisotopic (exact) mass is 265 g/mol. The Morgan fingerprint density at radius 2 is 2.11 bits per heavy atom. The molecule has 4 nitrogen and oxygen atoms in total. The van der Waals surface area contributed by atoms with Crippen LogP contribution >= 0.6 is 0 Å². The maximum Gasteiger partial charge on any atom is 0.147 e. The molecule has 0 unspecified atom stereocenters. The van der Waals surface area contributed by atoms with E-state index in [4.69, 9.17) is 11.1 Å². The van der Waals surface area contributed by atoms with Crippen LogP contribution in [0.25, 0.3) is 0 Å². The normalized spacial score (nSPS) is 17.4. The van der Waals surface area contributed by atoms with Crippen molar-refractivity contribution in [2.45, 2.75) is 31.3 Å². The molecule has 0 amide bonds. The van der Waals surface area contributed by atoms with E-state index < -0.39 is 11.4 Å². The molecule has 1 fully saturated rings. The average molecular weight is 265 g/mol. The van der Waals surface area contributed by atoms with Crippen LogP contribution in [-0.2, 0) is 0 Å². The third-order valence-electron chi connectivity index (χ3n) is 3.74. The van der Waals surface area contributed by atoms with E-state index in [1.165, 1.54) is 6.07 Å². The Morgan fingerprint density at radius 3 is 2.63 bits per heavy atom. The van der Waals surface area contributed by atoms with Crippen LogP contribution in [0.4, 0.5) is 10.1 Å². The molecule has 4 N–H and O–H groups in total. The van der Waals surface area contributed by atoms with Gasteiger partial charge in [0.15, 0.2) is 0 Å². The number of amidine groups is 1. The molecule has 1 aromatic rings. The molecular weight excluding hydrogens is 245 g/mol. The molecule has 1 aliphatic rings. The Balaban J connectivity index is 2.15. The number of rotatable bonds is 4. The highest BCUT2D eigenvalue weighted by Gasteiger charge is 2.32. The Hall–Kier alpha value is -1.62. The maximum atomic E-state index is 14.0. The van der Waals surface area contributed by atoms with Gasteiger partial charge in [-0.15, -0.1) is 0 Å². The molecule has 1 saturated carbocycles. The van der Waals surface area contributed by atoms with Crippen LogP contribution in [0.15, 0.2) is 18.2 Å². The molecule has 0 bridgehead atoms. The van der Waals surface area contributed by atoms with E-state index in [2.05, 4.69) is 0 Å². The van der Waals surface area contributed by atoms with Crippen LogP contribution in [0, 0.1) is 11.2 Å². The predicted molar refractivity (Wildman–Crippen MR) is 74.1 cm³/mol. The minimum atomic E-state index is -0.708. The fourth-order valence-corrected chi connectivity index (χ4v) is 2.70. The van der Waals surface area contributed by atoms with Gasteiger partial charge in [0, 0.05) is 19.2 Å². The number of likely N-dealkylation sites (N-methyl/N-ethyl adjacent to an activating group) is 1. The molecule has 0 spiro atoms. The first-order valence-electron chi connectivity index (χ1n) is 6.49. The minimum Gasteiger partial charge on any atom is -0.388 e. The Labute approximate surface area is 112 Å². The zero-order valence-corrected chi connectivity index (χ0v) is 11.1. The third kappa shape index (κ3) is 3.04. The van der Waals surface area contributed by atoms with E-state index >= 15 is 0 Å². The number of nitrogens with zero attached hydrogens (tertiary/aromatic N) is 1. The largest absolute Gasteiger partial charge is 0.388 e. The van der Waals surface area contributed by atoms with Gasteiger partial charge in [-0.1, -0.05) is 12.8 Å². The van der Waals surface area contributed by atoms with Gasteiger partial charge in [-0.3, -0.25) is 5.41 Å². The summed E-state index contributed by atoms with van der Waals surface area (Å²) in [6.07, 6.45) is 3.58. The summed E-state index contributed by atoms with van der Waals surface area (Å²) in [5.41, 5.74) is 5.41. The second kappa shape index (κ2) is 5.17. The zero-order chi connectivity index (χ0) is 14.0. The lowest BCUT2D eigenvalue weighted by atomic mass is 10.0. The van der Waals surface area contributed by atoms with E-state index in [0.29, 0.717) is 17.8 Å². The van der Waals surface area contributed by atoms with Crippen molar-refractivity contribution in [1.82, 2.24) is 0 Å². The highest BCUT2D eigenvalue weighted by Crippen LogP contribution is 2.31. The summed E-state index contributed by atoms with van der Waals surface area (Å²) < 4.78 is 14.0. The number of nitrogens with two attached hydrogens (primary N) is 1. The fourth-order valence-electron chi connectivity index (χ4n) is 2.70. The lowest BCUT2D eigenvalue weighted by Crippen LogP contribution is -2.39. The number of nitrogen functional groups attached to an aromatic ring is 1. The van der Waals surface area contributed by atoms with Gasteiger partial charge < -0.3 is 15.7 Å². The van der Waals surface area contributed by atoms with Crippen molar-refractivity contribution < 1.29 is 9.50 Å². The lowest BCUT2D eigenvalue weighted by Gasteiger charge is -2.30. The van der Waals surface area contributed by atoms with E-state index in [0.717, 1.165) is 25.7 Å². The van der Waals surface area contributed by atoms with Gasteiger partial charge in [-0.2, -0.15) is 0 Å².